The molecule has 158 valence electrons. The second kappa shape index (κ2) is 8.05. The van der Waals surface area contributed by atoms with Gasteiger partial charge in [0.2, 0.25) is 5.91 Å². The highest BCUT2D eigenvalue weighted by Gasteiger charge is 2.28. The molecule has 2 heterocycles. The zero-order valence-corrected chi connectivity index (χ0v) is 18.2. The van der Waals surface area contributed by atoms with Crippen LogP contribution in [-0.4, -0.2) is 24.6 Å². The number of hydrogen-bond donors (Lipinski definition) is 1. The molecule has 0 atom stereocenters. The highest BCUT2D eigenvalue weighted by Crippen LogP contribution is 2.34. The molecule has 1 aromatic heterocycles. The SMILES string of the molecule is CN(Cc1ccc2sc3ccccc3c2c1)c1ccc(/C=C2\C(=O)CC(=O)NC2=O)cc1. The molecule has 1 fully saturated rings. The van der Waals surface area contributed by atoms with Crippen LogP contribution in [0.4, 0.5) is 5.69 Å². The van der Waals surface area contributed by atoms with Crippen molar-refractivity contribution in [2.24, 2.45) is 0 Å². The number of anilines is 1. The Morgan fingerprint density at radius 1 is 0.938 bits per heavy atom. The average molecular weight is 441 g/mol. The molecule has 5 rings (SSSR count). The standard InChI is InChI=1S/C26H20N2O3S/c1-28(15-17-8-11-24-20(13-17)19-4-2-3-5-23(19)32-24)18-9-6-16(7-10-18)12-21-22(29)14-25(30)27-26(21)31/h2-13H,14-15H2,1H3,(H,27,30,31)/b21-12+. The monoisotopic (exact) mass is 440 g/mol. The number of fused-ring (bicyclic) bond motifs is 3. The van der Waals surface area contributed by atoms with E-state index >= 15 is 0 Å². The number of piperidine rings is 1. The van der Waals surface area contributed by atoms with Crippen LogP contribution in [0.15, 0.2) is 72.3 Å². The summed E-state index contributed by atoms with van der Waals surface area (Å²) in [4.78, 5) is 37.4. The number of imide groups is 1. The largest absolute Gasteiger partial charge is 0.370 e. The van der Waals surface area contributed by atoms with Crippen LogP contribution in [0.5, 0.6) is 0 Å². The van der Waals surface area contributed by atoms with Gasteiger partial charge in [-0.2, -0.15) is 0 Å². The van der Waals surface area contributed by atoms with Crippen LogP contribution in [0.3, 0.4) is 0 Å². The molecule has 0 bridgehead atoms. The van der Waals surface area contributed by atoms with Crippen LogP contribution in [0, 0.1) is 0 Å². The minimum absolute atomic E-state index is 0.0157. The van der Waals surface area contributed by atoms with E-state index in [1.54, 1.807) is 0 Å². The molecule has 1 aliphatic heterocycles. The van der Waals surface area contributed by atoms with Gasteiger partial charge >= 0.3 is 0 Å². The Balaban J connectivity index is 1.35. The molecule has 1 N–H and O–H groups in total. The van der Waals surface area contributed by atoms with E-state index < -0.39 is 17.6 Å². The van der Waals surface area contributed by atoms with Gasteiger partial charge in [0.1, 0.15) is 0 Å². The number of ketones is 1. The second-order valence-corrected chi connectivity index (χ2v) is 9.00. The molecule has 3 aromatic carbocycles. The number of nitrogens with zero attached hydrogens (tertiary/aromatic N) is 1. The van der Waals surface area contributed by atoms with Crippen LogP contribution in [0.2, 0.25) is 0 Å². The lowest BCUT2D eigenvalue weighted by atomic mass is 10.0. The predicted octanol–water partition coefficient (Wildman–Crippen LogP) is 4.69. The van der Waals surface area contributed by atoms with Crippen molar-refractivity contribution in [3.8, 4) is 0 Å². The summed E-state index contributed by atoms with van der Waals surface area (Å²) in [6.07, 6.45) is 1.24. The summed E-state index contributed by atoms with van der Waals surface area (Å²) in [5.74, 6) is -1.64. The lowest BCUT2D eigenvalue weighted by molar-refractivity contribution is -0.134. The normalized spacial score (nSPS) is 15.5. The maximum atomic E-state index is 12.0. The van der Waals surface area contributed by atoms with E-state index in [0.717, 1.165) is 17.8 Å². The van der Waals surface area contributed by atoms with Gasteiger partial charge in [-0.3, -0.25) is 19.7 Å². The zero-order valence-electron chi connectivity index (χ0n) is 17.4. The number of amides is 2. The third-order valence-electron chi connectivity index (χ3n) is 5.62. The first kappa shape index (κ1) is 20.2. The fourth-order valence-corrected chi connectivity index (χ4v) is 5.07. The van der Waals surface area contributed by atoms with Crippen LogP contribution in [0.25, 0.3) is 26.2 Å². The van der Waals surface area contributed by atoms with Gasteiger partial charge in [-0.05, 0) is 47.5 Å². The Morgan fingerprint density at radius 2 is 1.69 bits per heavy atom. The summed E-state index contributed by atoms with van der Waals surface area (Å²) in [6, 6.07) is 22.7. The van der Waals surface area contributed by atoms with E-state index in [1.165, 1.54) is 31.8 Å². The van der Waals surface area contributed by atoms with E-state index in [0.29, 0.717) is 0 Å². The maximum absolute atomic E-state index is 12.0. The van der Waals surface area contributed by atoms with Crippen LogP contribution < -0.4 is 10.2 Å². The van der Waals surface area contributed by atoms with Gasteiger partial charge in [-0.1, -0.05) is 36.4 Å². The molecular weight excluding hydrogens is 420 g/mol. The Morgan fingerprint density at radius 3 is 2.47 bits per heavy atom. The number of thiophene rings is 1. The van der Waals surface area contributed by atoms with E-state index in [4.69, 9.17) is 0 Å². The van der Waals surface area contributed by atoms with Crippen molar-refractivity contribution in [2.45, 2.75) is 13.0 Å². The van der Waals surface area contributed by atoms with Crippen LogP contribution in [-0.2, 0) is 20.9 Å². The number of carbonyl (C=O) groups excluding carboxylic acids is 3. The first-order chi connectivity index (χ1) is 15.5. The van der Waals surface area contributed by atoms with Crippen molar-refractivity contribution >= 4 is 60.9 Å². The third-order valence-corrected chi connectivity index (χ3v) is 6.78. The minimum atomic E-state index is -0.635. The molecule has 5 nitrogen and oxygen atoms in total. The number of Topliss-reactive ketones (excluding diaryl/α,β-unsaturated/α-hetero) is 1. The third kappa shape index (κ3) is 3.81. The Bertz CT molecular complexity index is 1390. The Kier molecular flexibility index (Phi) is 5.07. The van der Waals surface area contributed by atoms with E-state index in [-0.39, 0.29) is 12.0 Å². The highest BCUT2D eigenvalue weighted by atomic mass is 32.1. The first-order valence-corrected chi connectivity index (χ1v) is 11.1. The Labute approximate surface area is 189 Å². The van der Waals surface area contributed by atoms with Gasteiger partial charge in [0.25, 0.3) is 5.91 Å². The molecule has 1 saturated heterocycles. The molecule has 0 unspecified atom stereocenters. The second-order valence-electron chi connectivity index (χ2n) is 7.91. The Hall–Kier alpha value is -3.77. The van der Waals surface area contributed by atoms with Gasteiger partial charge in [0, 0.05) is 39.5 Å². The topological polar surface area (TPSA) is 66.5 Å². The van der Waals surface area contributed by atoms with Gasteiger partial charge in [-0.15, -0.1) is 11.3 Å². The maximum Gasteiger partial charge on any atom is 0.261 e. The molecule has 0 aliphatic carbocycles. The molecule has 4 aromatic rings. The summed E-state index contributed by atoms with van der Waals surface area (Å²) in [6.45, 7) is 0.754. The highest BCUT2D eigenvalue weighted by molar-refractivity contribution is 7.25. The molecule has 32 heavy (non-hydrogen) atoms. The average Bonchev–Trinajstić information content (AvgIpc) is 3.15. The zero-order chi connectivity index (χ0) is 22.2. The summed E-state index contributed by atoms with van der Waals surface area (Å²) in [5, 5.41) is 4.76. The van der Waals surface area contributed by atoms with Crippen molar-refractivity contribution < 1.29 is 14.4 Å². The van der Waals surface area contributed by atoms with Gasteiger partial charge in [-0.25, -0.2) is 0 Å². The number of rotatable bonds is 4. The first-order valence-electron chi connectivity index (χ1n) is 10.3. The quantitative estimate of drug-likeness (QED) is 0.216. The molecule has 0 spiro atoms. The van der Waals surface area contributed by atoms with E-state index in [2.05, 4.69) is 52.7 Å². The van der Waals surface area contributed by atoms with E-state index in [9.17, 15) is 14.4 Å². The van der Waals surface area contributed by atoms with Crippen LogP contribution >= 0.6 is 11.3 Å². The van der Waals surface area contributed by atoms with E-state index in [1.807, 2.05) is 42.6 Å². The van der Waals surface area contributed by atoms with Crippen molar-refractivity contribution in [2.75, 3.05) is 11.9 Å². The fraction of sp³-hybridized carbons (Fsp3) is 0.115. The fourth-order valence-electron chi connectivity index (χ4n) is 3.98. The predicted molar refractivity (Wildman–Crippen MR) is 129 cm³/mol. The number of nitrogens with one attached hydrogen (secondary N) is 1. The van der Waals surface area contributed by atoms with Gasteiger partial charge in [0.15, 0.2) is 5.78 Å². The molecule has 1 aliphatic rings. The molecule has 6 heteroatoms. The van der Waals surface area contributed by atoms with Crippen molar-refractivity contribution in [1.29, 1.82) is 0 Å². The molecule has 2 amide bonds. The molecular formula is C26H20N2O3S. The van der Waals surface area contributed by atoms with Crippen molar-refractivity contribution in [3.63, 3.8) is 0 Å². The summed E-state index contributed by atoms with van der Waals surface area (Å²) < 4.78 is 2.59. The summed E-state index contributed by atoms with van der Waals surface area (Å²) in [5.41, 5.74) is 3.00. The van der Waals surface area contributed by atoms with Crippen molar-refractivity contribution in [1.82, 2.24) is 5.32 Å². The van der Waals surface area contributed by atoms with Gasteiger partial charge < -0.3 is 4.90 Å². The minimum Gasteiger partial charge on any atom is -0.370 e. The number of hydrogen-bond acceptors (Lipinski definition) is 5. The molecule has 0 radical (unpaired) electrons. The molecule has 0 saturated carbocycles. The smallest absolute Gasteiger partial charge is 0.261 e. The van der Waals surface area contributed by atoms with Crippen molar-refractivity contribution in [3.05, 3.63) is 83.4 Å². The lowest BCUT2D eigenvalue weighted by Gasteiger charge is -2.20. The van der Waals surface area contributed by atoms with Gasteiger partial charge in [0.05, 0.1) is 12.0 Å². The summed E-state index contributed by atoms with van der Waals surface area (Å²) in [7, 11) is 2.03. The lowest BCUT2D eigenvalue weighted by Crippen LogP contribution is -2.40. The number of benzene rings is 3. The van der Waals surface area contributed by atoms with Crippen LogP contribution in [0.1, 0.15) is 17.5 Å². The summed E-state index contributed by atoms with van der Waals surface area (Å²) >= 11 is 1.81. The number of carbonyl (C=O) groups is 3.